The standard InChI is InChI=1S/C18H16ClN3O6/c1-8-10-6-9(19)4-5-12(10)28-14(8)17(25)27-7-11(23)13-15(20)21(2)18(26)22(3)16(13)24/h4-6H,7,20H2,1-3H3. The van der Waals surface area contributed by atoms with Crippen molar-refractivity contribution in [3.05, 3.63) is 60.9 Å². The van der Waals surface area contributed by atoms with Crippen LogP contribution in [0.1, 0.15) is 26.5 Å². The number of nitrogens with two attached hydrogens (primary N) is 1. The lowest BCUT2D eigenvalue weighted by molar-refractivity contribution is 0.0444. The van der Waals surface area contributed by atoms with Crippen LogP contribution in [0.5, 0.6) is 0 Å². The van der Waals surface area contributed by atoms with E-state index in [1.54, 1.807) is 25.1 Å². The number of anilines is 1. The highest BCUT2D eigenvalue weighted by atomic mass is 35.5. The van der Waals surface area contributed by atoms with Gasteiger partial charge in [0.15, 0.2) is 6.61 Å². The summed E-state index contributed by atoms with van der Waals surface area (Å²) in [6, 6.07) is 4.87. The molecule has 2 N–H and O–H groups in total. The number of halogens is 1. The number of aryl methyl sites for hydroxylation is 1. The molecule has 0 aliphatic carbocycles. The fourth-order valence-corrected chi connectivity index (χ4v) is 2.95. The molecule has 0 aliphatic heterocycles. The average Bonchev–Trinajstić information content (AvgIpc) is 2.99. The van der Waals surface area contributed by atoms with Crippen molar-refractivity contribution in [2.45, 2.75) is 6.92 Å². The second kappa shape index (κ2) is 7.01. The maximum absolute atomic E-state index is 12.4. The third-order valence-corrected chi connectivity index (χ3v) is 4.64. The third-order valence-electron chi connectivity index (χ3n) is 4.41. The lowest BCUT2D eigenvalue weighted by Crippen LogP contribution is -2.42. The van der Waals surface area contributed by atoms with E-state index >= 15 is 0 Å². The number of hydrogen-bond donors (Lipinski definition) is 1. The van der Waals surface area contributed by atoms with E-state index in [2.05, 4.69) is 0 Å². The summed E-state index contributed by atoms with van der Waals surface area (Å²) in [5.41, 5.74) is 4.70. The predicted octanol–water partition coefficient (Wildman–Crippen LogP) is 1.41. The smallest absolute Gasteiger partial charge is 0.375 e. The molecule has 0 atom stereocenters. The molecule has 0 unspecified atom stereocenters. The van der Waals surface area contributed by atoms with Crippen molar-refractivity contribution in [3.8, 4) is 0 Å². The molecule has 2 aromatic heterocycles. The zero-order valence-corrected chi connectivity index (χ0v) is 16.0. The van der Waals surface area contributed by atoms with Crippen molar-refractivity contribution >= 4 is 40.1 Å². The number of aromatic nitrogens is 2. The number of furan rings is 1. The van der Waals surface area contributed by atoms with E-state index in [9.17, 15) is 19.2 Å². The summed E-state index contributed by atoms with van der Waals surface area (Å²) >= 11 is 5.95. The Morgan fingerprint density at radius 3 is 2.57 bits per heavy atom. The van der Waals surface area contributed by atoms with Crippen LogP contribution in [-0.4, -0.2) is 27.5 Å². The number of nitrogens with zero attached hydrogens (tertiary/aromatic N) is 2. The minimum absolute atomic E-state index is 0.0774. The van der Waals surface area contributed by atoms with Crippen LogP contribution in [0.15, 0.2) is 32.2 Å². The minimum Gasteiger partial charge on any atom is -0.451 e. The molecule has 3 rings (SSSR count). The fourth-order valence-electron chi connectivity index (χ4n) is 2.78. The number of rotatable bonds is 4. The average molecular weight is 406 g/mol. The molecule has 28 heavy (non-hydrogen) atoms. The maximum Gasteiger partial charge on any atom is 0.375 e. The van der Waals surface area contributed by atoms with Gasteiger partial charge in [0.1, 0.15) is 17.0 Å². The van der Waals surface area contributed by atoms with Crippen molar-refractivity contribution in [3.63, 3.8) is 0 Å². The number of carbonyl (C=O) groups excluding carboxylic acids is 2. The van der Waals surface area contributed by atoms with E-state index in [4.69, 9.17) is 26.5 Å². The summed E-state index contributed by atoms with van der Waals surface area (Å²) in [6.45, 7) is 0.912. The Morgan fingerprint density at radius 1 is 1.21 bits per heavy atom. The lowest BCUT2D eigenvalue weighted by Gasteiger charge is -2.10. The minimum atomic E-state index is -0.876. The molecule has 0 saturated heterocycles. The topological polar surface area (TPSA) is 127 Å². The van der Waals surface area contributed by atoms with Gasteiger partial charge in [0.25, 0.3) is 5.56 Å². The van der Waals surface area contributed by atoms with Gasteiger partial charge >= 0.3 is 11.7 Å². The second-order valence-electron chi connectivity index (χ2n) is 6.16. The van der Waals surface area contributed by atoms with Gasteiger partial charge in [-0.2, -0.15) is 0 Å². The number of benzene rings is 1. The quantitative estimate of drug-likeness (QED) is 0.513. The van der Waals surface area contributed by atoms with Gasteiger partial charge in [-0.25, -0.2) is 9.59 Å². The first-order valence-electron chi connectivity index (χ1n) is 8.08. The van der Waals surface area contributed by atoms with Crippen LogP contribution in [0.4, 0.5) is 5.82 Å². The molecule has 146 valence electrons. The van der Waals surface area contributed by atoms with Gasteiger partial charge in [0.2, 0.25) is 11.5 Å². The first-order chi connectivity index (χ1) is 13.1. The van der Waals surface area contributed by atoms with Crippen LogP contribution in [0.3, 0.4) is 0 Å². The number of ketones is 1. The Balaban J connectivity index is 1.87. The van der Waals surface area contributed by atoms with Crippen LogP contribution >= 0.6 is 11.6 Å². The first kappa shape index (κ1) is 19.4. The first-order valence-corrected chi connectivity index (χ1v) is 8.45. The molecule has 1 aromatic carbocycles. The largest absolute Gasteiger partial charge is 0.451 e. The van der Waals surface area contributed by atoms with Crippen LogP contribution in [0.25, 0.3) is 11.0 Å². The van der Waals surface area contributed by atoms with Crippen LogP contribution in [-0.2, 0) is 18.8 Å². The molecule has 0 saturated carbocycles. The molecular formula is C18H16ClN3O6. The molecule has 3 aromatic rings. The zero-order valence-electron chi connectivity index (χ0n) is 15.2. The molecule has 0 fully saturated rings. The summed E-state index contributed by atoms with van der Waals surface area (Å²) in [4.78, 5) is 48.8. The fraction of sp³-hybridized carbons (Fsp3) is 0.222. The molecular weight excluding hydrogens is 390 g/mol. The third kappa shape index (κ3) is 3.09. The summed E-state index contributed by atoms with van der Waals surface area (Å²) in [6.07, 6.45) is 0. The maximum atomic E-state index is 12.4. The molecule has 0 spiro atoms. The molecule has 0 aliphatic rings. The van der Waals surface area contributed by atoms with Crippen molar-refractivity contribution in [2.24, 2.45) is 14.1 Å². The number of fused-ring (bicyclic) bond motifs is 1. The number of nitrogen functional groups attached to an aromatic ring is 1. The van der Waals surface area contributed by atoms with Gasteiger partial charge in [-0.15, -0.1) is 0 Å². The van der Waals surface area contributed by atoms with Crippen LogP contribution in [0, 0.1) is 6.92 Å². The van der Waals surface area contributed by atoms with Gasteiger partial charge < -0.3 is 14.9 Å². The highest BCUT2D eigenvalue weighted by Gasteiger charge is 2.24. The Hall–Kier alpha value is -3.33. The summed E-state index contributed by atoms with van der Waals surface area (Å²) in [5, 5.41) is 1.12. The summed E-state index contributed by atoms with van der Waals surface area (Å²) in [7, 11) is 2.54. The van der Waals surface area contributed by atoms with E-state index in [-0.39, 0.29) is 11.6 Å². The number of carbonyl (C=O) groups is 2. The van der Waals surface area contributed by atoms with Crippen molar-refractivity contribution in [1.29, 1.82) is 0 Å². The zero-order chi connectivity index (χ0) is 20.7. The molecule has 0 amide bonds. The van der Waals surface area contributed by atoms with Gasteiger partial charge in [-0.1, -0.05) is 11.6 Å². The van der Waals surface area contributed by atoms with E-state index < -0.39 is 35.2 Å². The van der Waals surface area contributed by atoms with Crippen molar-refractivity contribution in [1.82, 2.24) is 9.13 Å². The Labute approximate surface area is 162 Å². The monoisotopic (exact) mass is 405 g/mol. The van der Waals surface area contributed by atoms with Crippen molar-refractivity contribution < 1.29 is 18.7 Å². The molecule has 0 bridgehead atoms. The van der Waals surface area contributed by atoms with Gasteiger partial charge in [0, 0.05) is 30.1 Å². The number of ether oxygens (including phenoxy) is 1. The highest BCUT2D eigenvalue weighted by Crippen LogP contribution is 2.28. The van der Waals surface area contributed by atoms with E-state index in [0.29, 0.717) is 21.6 Å². The highest BCUT2D eigenvalue weighted by molar-refractivity contribution is 6.31. The molecule has 0 radical (unpaired) electrons. The molecule has 2 heterocycles. The summed E-state index contributed by atoms with van der Waals surface area (Å²) in [5.74, 6) is -2.09. The number of esters is 1. The van der Waals surface area contributed by atoms with Gasteiger partial charge in [0.05, 0.1) is 0 Å². The Kier molecular flexibility index (Phi) is 4.86. The SMILES string of the molecule is Cc1c(C(=O)OCC(=O)c2c(N)n(C)c(=O)n(C)c2=O)oc2ccc(Cl)cc12. The Morgan fingerprint density at radius 2 is 1.89 bits per heavy atom. The van der Waals surface area contributed by atoms with Crippen LogP contribution in [0.2, 0.25) is 5.02 Å². The van der Waals surface area contributed by atoms with E-state index in [1.165, 1.54) is 14.1 Å². The number of Topliss-reactive ketones (excluding diaryl/α,β-unsaturated/α-hetero) is 1. The van der Waals surface area contributed by atoms with Gasteiger partial charge in [-0.3, -0.25) is 18.7 Å². The second-order valence-corrected chi connectivity index (χ2v) is 6.60. The summed E-state index contributed by atoms with van der Waals surface area (Å²) < 4.78 is 12.2. The van der Waals surface area contributed by atoms with E-state index in [0.717, 1.165) is 9.13 Å². The normalized spacial score (nSPS) is 11.0. The lowest BCUT2D eigenvalue weighted by atomic mass is 10.1. The predicted molar refractivity (Wildman–Crippen MR) is 102 cm³/mol. The van der Waals surface area contributed by atoms with Gasteiger partial charge in [-0.05, 0) is 25.1 Å². The molecule has 10 heteroatoms. The number of hydrogen-bond acceptors (Lipinski definition) is 7. The van der Waals surface area contributed by atoms with Crippen molar-refractivity contribution in [2.75, 3.05) is 12.3 Å². The Bertz CT molecular complexity index is 1250. The molecule has 9 nitrogen and oxygen atoms in total. The van der Waals surface area contributed by atoms with E-state index in [1.807, 2.05) is 0 Å². The van der Waals surface area contributed by atoms with Crippen LogP contribution < -0.4 is 17.0 Å².